The zero-order valence-corrected chi connectivity index (χ0v) is 13.0. The summed E-state index contributed by atoms with van der Waals surface area (Å²) in [7, 11) is 2.17. The molecule has 0 N–H and O–H groups in total. The Balaban J connectivity index is 2.03. The van der Waals surface area contributed by atoms with E-state index in [2.05, 4.69) is 61.3 Å². The highest BCUT2D eigenvalue weighted by Gasteiger charge is 2.42. The SMILES string of the molecule is CC(C)c1noc(C2(c3ccccc3)CCN(C)CC2)n1. The van der Waals surface area contributed by atoms with E-state index in [9.17, 15) is 0 Å². The first-order valence-corrected chi connectivity index (χ1v) is 7.70. The van der Waals surface area contributed by atoms with Crippen molar-refractivity contribution in [2.75, 3.05) is 20.1 Å². The molecule has 0 amide bonds. The smallest absolute Gasteiger partial charge is 0.237 e. The zero-order valence-electron chi connectivity index (χ0n) is 13.0. The van der Waals surface area contributed by atoms with Crippen molar-refractivity contribution < 1.29 is 4.52 Å². The molecule has 1 aliphatic heterocycles. The Kier molecular flexibility index (Phi) is 3.81. The fourth-order valence-electron chi connectivity index (χ4n) is 3.05. The summed E-state index contributed by atoms with van der Waals surface area (Å²) < 4.78 is 5.68. The van der Waals surface area contributed by atoms with Crippen molar-refractivity contribution in [2.24, 2.45) is 0 Å². The first-order chi connectivity index (χ1) is 10.1. The van der Waals surface area contributed by atoms with Crippen LogP contribution in [-0.4, -0.2) is 35.2 Å². The van der Waals surface area contributed by atoms with E-state index in [0.29, 0.717) is 5.92 Å². The maximum Gasteiger partial charge on any atom is 0.237 e. The second-order valence-corrected chi connectivity index (χ2v) is 6.36. The maximum atomic E-state index is 5.68. The van der Waals surface area contributed by atoms with Crippen molar-refractivity contribution in [2.45, 2.75) is 38.0 Å². The number of aromatic nitrogens is 2. The molecule has 4 heteroatoms. The molecule has 0 unspecified atom stereocenters. The molecule has 0 atom stereocenters. The van der Waals surface area contributed by atoms with Gasteiger partial charge in [0.15, 0.2) is 5.82 Å². The van der Waals surface area contributed by atoms with Gasteiger partial charge in [-0.05, 0) is 38.5 Å². The number of hydrogen-bond donors (Lipinski definition) is 0. The van der Waals surface area contributed by atoms with E-state index in [1.165, 1.54) is 5.56 Å². The van der Waals surface area contributed by atoms with Gasteiger partial charge in [0.05, 0.1) is 5.41 Å². The van der Waals surface area contributed by atoms with Crippen molar-refractivity contribution >= 4 is 0 Å². The number of piperidine rings is 1. The molecular formula is C17H23N3O. The number of likely N-dealkylation sites (tertiary alicyclic amines) is 1. The molecule has 2 aromatic rings. The van der Waals surface area contributed by atoms with Crippen LogP contribution in [0.3, 0.4) is 0 Å². The highest BCUT2D eigenvalue weighted by atomic mass is 16.5. The highest BCUT2D eigenvalue weighted by Crippen LogP contribution is 2.40. The minimum Gasteiger partial charge on any atom is -0.338 e. The molecular weight excluding hydrogens is 262 g/mol. The normalized spacial score (nSPS) is 19.0. The molecule has 112 valence electrons. The molecule has 21 heavy (non-hydrogen) atoms. The molecule has 3 rings (SSSR count). The molecule has 2 heterocycles. The zero-order chi connectivity index (χ0) is 14.9. The van der Waals surface area contributed by atoms with Crippen LogP contribution in [-0.2, 0) is 5.41 Å². The quantitative estimate of drug-likeness (QED) is 0.868. The van der Waals surface area contributed by atoms with E-state index in [-0.39, 0.29) is 5.41 Å². The standard InChI is InChI=1S/C17H23N3O/c1-13(2)15-18-16(21-19-15)17(9-11-20(3)12-10-17)14-7-5-4-6-8-14/h4-8,13H,9-12H2,1-3H3. The number of rotatable bonds is 3. The Labute approximate surface area is 126 Å². The van der Waals surface area contributed by atoms with Gasteiger partial charge < -0.3 is 9.42 Å². The fraction of sp³-hybridized carbons (Fsp3) is 0.529. The highest BCUT2D eigenvalue weighted by molar-refractivity contribution is 5.33. The third-order valence-corrected chi connectivity index (χ3v) is 4.53. The van der Waals surface area contributed by atoms with Crippen LogP contribution in [0.1, 0.15) is 49.9 Å². The van der Waals surface area contributed by atoms with E-state index < -0.39 is 0 Å². The first kappa shape index (κ1) is 14.3. The van der Waals surface area contributed by atoms with Crippen molar-refractivity contribution in [3.8, 4) is 0 Å². The van der Waals surface area contributed by atoms with Crippen molar-refractivity contribution in [3.63, 3.8) is 0 Å². The van der Waals surface area contributed by atoms with E-state index >= 15 is 0 Å². The summed E-state index contributed by atoms with van der Waals surface area (Å²) in [5, 5.41) is 4.18. The molecule has 1 saturated heterocycles. The van der Waals surface area contributed by atoms with Crippen LogP contribution in [0, 0.1) is 0 Å². The summed E-state index contributed by atoms with van der Waals surface area (Å²) >= 11 is 0. The van der Waals surface area contributed by atoms with Gasteiger partial charge in [0.2, 0.25) is 5.89 Å². The number of benzene rings is 1. The average molecular weight is 285 g/mol. The summed E-state index contributed by atoms with van der Waals surface area (Å²) in [6.45, 7) is 6.29. The van der Waals surface area contributed by atoms with E-state index in [1.54, 1.807) is 0 Å². The van der Waals surface area contributed by atoms with Crippen LogP contribution in [0.5, 0.6) is 0 Å². The Hall–Kier alpha value is -1.68. The van der Waals surface area contributed by atoms with Gasteiger partial charge >= 0.3 is 0 Å². The van der Waals surface area contributed by atoms with E-state index in [4.69, 9.17) is 9.51 Å². The Morgan fingerprint density at radius 2 is 1.81 bits per heavy atom. The monoisotopic (exact) mass is 285 g/mol. The lowest BCUT2D eigenvalue weighted by Gasteiger charge is -2.38. The summed E-state index contributed by atoms with van der Waals surface area (Å²) in [4.78, 5) is 7.07. The fourth-order valence-corrected chi connectivity index (χ4v) is 3.05. The summed E-state index contributed by atoms with van der Waals surface area (Å²) in [5.41, 5.74) is 1.16. The Morgan fingerprint density at radius 3 is 2.38 bits per heavy atom. The van der Waals surface area contributed by atoms with Gasteiger partial charge in [-0.1, -0.05) is 49.3 Å². The summed E-state index contributed by atoms with van der Waals surface area (Å²) in [6, 6.07) is 10.6. The predicted octanol–water partition coefficient (Wildman–Crippen LogP) is 3.20. The van der Waals surface area contributed by atoms with Crippen LogP contribution in [0.4, 0.5) is 0 Å². The van der Waals surface area contributed by atoms with Crippen molar-refractivity contribution in [1.82, 2.24) is 15.0 Å². The van der Waals surface area contributed by atoms with Gasteiger partial charge in [-0.15, -0.1) is 0 Å². The first-order valence-electron chi connectivity index (χ1n) is 7.70. The van der Waals surface area contributed by atoms with Gasteiger partial charge in [0.1, 0.15) is 0 Å². The van der Waals surface area contributed by atoms with Gasteiger partial charge in [0.25, 0.3) is 0 Å². The lowest BCUT2D eigenvalue weighted by atomic mass is 9.72. The molecule has 0 spiro atoms. The van der Waals surface area contributed by atoms with Crippen molar-refractivity contribution in [1.29, 1.82) is 0 Å². The lowest BCUT2D eigenvalue weighted by molar-refractivity contribution is 0.179. The maximum absolute atomic E-state index is 5.68. The van der Waals surface area contributed by atoms with Crippen LogP contribution >= 0.6 is 0 Å². The molecule has 1 aliphatic rings. The molecule has 1 aromatic carbocycles. The van der Waals surface area contributed by atoms with Gasteiger partial charge in [0, 0.05) is 5.92 Å². The van der Waals surface area contributed by atoms with Crippen molar-refractivity contribution in [3.05, 3.63) is 47.6 Å². The van der Waals surface area contributed by atoms with Gasteiger partial charge in [-0.2, -0.15) is 4.98 Å². The Bertz CT molecular complexity index is 583. The molecule has 4 nitrogen and oxygen atoms in total. The number of nitrogens with zero attached hydrogens (tertiary/aromatic N) is 3. The van der Waals surface area contributed by atoms with Gasteiger partial charge in [-0.25, -0.2) is 0 Å². The minimum absolute atomic E-state index is 0.131. The van der Waals surface area contributed by atoms with E-state index in [1.807, 2.05) is 0 Å². The van der Waals surface area contributed by atoms with Crippen LogP contribution in [0.25, 0.3) is 0 Å². The third-order valence-electron chi connectivity index (χ3n) is 4.53. The van der Waals surface area contributed by atoms with Crippen LogP contribution in [0.2, 0.25) is 0 Å². The Morgan fingerprint density at radius 1 is 1.14 bits per heavy atom. The summed E-state index contributed by atoms with van der Waals surface area (Å²) in [6.07, 6.45) is 2.04. The summed E-state index contributed by atoms with van der Waals surface area (Å²) in [5.74, 6) is 1.88. The van der Waals surface area contributed by atoms with E-state index in [0.717, 1.165) is 37.6 Å². The topological polar surface area (TPSA) is 42.2 Å². The molecule has 0 radical (unpaired) electrons. The average Bonchev–Trinajstić information content (AvgIpc) is 3.00. The van der Waals surface area contributed by atoms with Gasteiger partial charge in [-0.3, -0.25) is 0 Å². The van der Waals surface area contributed by atoms with Crippen LogP contribution < -0.4 is 0 Å². The molecule has 0 aliphatic carbocycles. The molecule has 1 aromatic heterocycles. The van der Waals surface area contributed by atoms with Crippen LogP contribution in [0.15, 0.2) is 34.9 Å². The minimum atomic E-state index is -0.131. The second-order valence-electron chi connectivity index (χ2n) is 6.36. The predicted molar refractivity (Wildman–Crippen MR) is 82.3 cm³/mol. The third kappa shape index (κ3) is 2.60. The lowest BCUT2D eigenvalue weighted by Crippen LogP contribution is -2.41. The molecule has 0 bridgehead atoms. The second kappa shape index (κ2) is 5.60. The molecule has 1 fully saturated rings. The number of hydrogen-bond acceptors (Lipinski definition) is 4. The largest absolute Gasteiger partial charge is 0.338 e. The molecule has 0 saturated carbocycles.